The maximum atomic E-state index is 10.5. The maximum Gasteiger partial charge on any atom is 0.419 e. The van der Waals surface area contributed by atoms with E-state index in [-0.39, 0.29) is 0 Å². The van der Waals surface area contributed by atoms with Gasteiger partial charge in [-0.25, -0.2) is 9.80 Å². The van der Waals surface area contributed by atoms with Crippen LogP contribution >= 0.6 is 0 Å². The van der Waals surface area contributed by atoms with Gasteiger partial charge in [0.25, 0.3) is 0 Å². The van der Waals surface area contributed by atoms with E-state index in [4.69, 9.17) is 5.11 Å². The minimum atomic E-state index is -0.997. The molecule has 17 heavy (non-hydrogen) atoms. The summed E-state index contributed by atoms with van der Waals surface area (Å²) >= 11 is 0. The molecule has 0 saturated carbocycles. The summed E-state index contributed by atoms with van der Waals surface area (Å²) in [4.78, 5) is 17.0. The van der Waals surface area contributed by atoms with Crippen molar-refractivity contribution in [2.75, 3.05) is 26.2 Å². The van der Waals surface area contributed by atoms with Crippen molar-refractivity contribution in [3.05, 3.63) is 30.1 Å². The average molecular weight is 236 g/mol. The Morgan fingerprint density at radius 3 is 2.71 bits per heavy atom. The van der Waals surface area contributed by atoms with E-state index in [1.165, 1.54) is 0 Å². The Morgan fingerprint density at radius 2 is 2.12 bits per heavy atom. The zero-order chi connectivity index (χ0) is 12.1. The van der Waals surface area contributed by atoms with E-state index in [0.29, 0.717) is 13.1 Å². The highest BCUT2D eigenvalue weighted by Gasteiger charge is 2.18. The van der Waals surface area contributed by atoms with Crippen molar-refractivity contribution in [2.45, 2.75) is 6.54 Å². The fraction of sp³-hybridized carbons (Fsp3) is 0.455. The summed E-state index contributed by atoms with van der Waals surface area (Å²) in [6, 6.07) is 5.88. The summed E-state index contributed by atoms with van der Waals surface area (Å²) in [7, 11) is 0. The number of nitrogens with zero attached hydrogens (tertiary/aromatic N) is 3. The number of amides is 1. The molecule has 0 unspecified atom stereocenters. The molecular formula is C11H16N4O2. The highest BCUT2D eigenvalue weighted by atomic mass is 16.4. The number of pyridine rings is 1. The lowest BCUT2D eigenvalue weighted by Crippen LogP contribution is -2.52. The Balaban J connectivity index is 1.78. The van der Waals surface area contributed by atoms with Crippen molar-refractivity contribution < 1.29 is 9.90 Å². The first kappa shape index (κ1) is 11.8. The molecule has 0 radical (unpaired) electrons. The lowest BCUT2D eigenvalue weighted by molar-refractivity contribution is 0.0800. The van der Waals surface area contributed by atoms with Gasteiger partial charge in [-0.3, -0.25) is 15.3 Å². The van der Waals surface area contributed by atoms with Crippen LogP contribution in [0.5, 0.6) is 0 Å². The van der Waals surface area contributed by atoms with E-state index in [1.807, 2.05) is 18.2 Å². The number of rotatable bonds is 3. The second kappa shape index (κ2) is 5.60. The number of carboxylic acid groups (broad SMARTS) is 1. The van der Waals surface area contributed by atoms with Crippen LogP contribution in [-0.4, -0.2) is 52.3 Å². The molecular weight excluding hydrogens is 220 g/mol. The van der Waals surface area contributed by atoms with Gasteiger partial charge in [-0.05, 0) is 12.1 Å². The van der Waals surface area contributed by atoms with E-state index in [1.54, 1.807) is 11.2 Å². The number of carbonyl (C=O) groups is 1. The third kappa shape index (κ3) is 3.69. The Kier molecular flexibility index (Phi) is 3.89. The third-order valence-electron chi connectivity index (χ3n) is 2.74. The molecule has 1 aliphatic rings. The number of hydrazine groups is 1. The molecule has 1 aromatic rings. The van der Waals surface area contributed by atoms with Crippen molar-refractivity contribution in [3.8, 4) is 0 Å². The van der Waals surface area contributed by atoms with Crippen LogP contribution in [0.2, 0.25) is 0 Å². The molecule has 2 heterocycles. The van der Waals surface area contributed by atoms with Crippen molar-refractivity contribution in [1.29, 1.82) is 0 Å². The molecule has 2 rings (SSSR count). The summed E-state index contributed by atoms with van der Waals surface area (Å²) in [5.41, 5.74) is 3.42. The standard InChI is InChI=1S/C11H16N4O2/c16-11(17)13-15-7-5-14(6-8-15)9-10-3-1-2-4-12-10/h1-4,13H,5-9H2,(H,16,17). The quantitative estimate of drug-likeness (QED) is 0.794. The molecule has 1 fully saturated rings. The van der Waals surface area contributed by atoms with Crippen LogP contribution in [0, 0.1) is 0 Å². The average Bonchev–Trinajstić information content (AvgIpc) is 2.32. The lowest BCUT2D eigenvalue weighted by Gasteiger charge is -2.33. The van der Waals surface area contributed by atoms with Gasteiger partial charge in [0.05, 0.1) is 5.69 Å². The topological polar surface area (TPSA) is 68.7 Å². The van der Waals surface area contributed by atoms with Crippen LogP contribution in [0.4, 0.5) is 4.79 Å². The monoisotopic (exact) mass is 236 g/mol. The summed E-state index contributed by atoms with van der Waals surface area (Å²) in [6.07, 6.45) is 0.792. The zero-order valence-electron chi connectivity index (χ0n) is 9.54. The van der Waals surface area contributed by atoms with Gasteiger partial charge in [-0.15, -0.1) is 0 Å². The van der Waals surface area contributed by atoms with E-state index in [9.17, 15) is 4.79 Å². The lowest BCUT2D eigenvalue weighted by atomic mass is 10.3. The van der Waals surface area contributed by atoms with E-state index in [2.05, 4.69) is 15.3 Å². The van der Waals surface area contributed by atoms with Gasteiger partial charge in [0.2, 0.25) is 0 Å². The molecule has 1 aromatic heterocycles. The van der Waals surface area contributed by atoms with Crippen molar-refractivity contribution >= 4 is 6.09 Å². The van der Waals surface area contributed by atoms with Crippen molar-refractivity contribution in [2.24, 2.45) is 0 Å². The fourth-order valence-corrected chi connectivity index (χ4v) is 1.87. The number of aromatic nitrogens is 1. The molecule has 6 heteroatoms. The van der Waals surface area contributed by atoms with Gasteiger partial charge in [0.1, 0.15) is 0 Å². The molecule has 1 saturated heterocycles. The Bertz CT molecular complexity index is 363. The second-order valence-corrected chi connectivity index (χ2v) is 4.00. The predicted octanol–water partition coefficient (Wildman–Crippen LogP) is 0.382. The molecule has 1 aliphatic heterocycles. The summed E-state index contributed by atoms with van der Waals surface area (Å²) in [6.45, 7) is 3.92. The molecule has 2 N–H and O–H groups in total. The van der Waals surface area contributed by atoms with Gasteiger partial charge in [-0.1, -0.05) is 6.07 Å². The first-order valence-electron chi connectivity index (χ1n) is 5.61. The Hall–Kier alpha value is -1.66. The van der Waals surface area contributed by atoms with Crippen LogP contribution in [0.15, 0.2) is 24.4 Å². The molecule has 0 aromatic carbocycles. The SMILES string of the molecule is O=C(O)NN1CCN(Cc2ccccn2)CC1. The predicted molar refractivity (Wildman–Crippen MR) is 62.2 cm³/mol. The molecule has 0 atom stereocenters. The maximum absolute atomic E-state index is 10.5. The molecule has 1 amide bonds. The molecule has 0 spiro atoms. The van der Waals surface area contributed by atoms with Gasteiger partial charge < -0.3 is 5.11 Å². The van der Waals surface area contributed by atoms with Crippen LogP contribution in [0.1, 0.15) is 5.69 Å². The third-order valence-corrected chi connectivity index (χ3v) is 2.74. The summed E-state index contributed by atoms with van der Waals surface area (Å²) in [5.74, 6) is 0. The number of piperazine rings is 1. The van der Waals surface area contributed by atoms with E-state index >= 15 is 0 Å². The molecule has 0 bridgehead atoms. The van der Waals surface area contributed by atoms with E-state index in [0.717, 1.165) is 25.3 Å². The minimum Gasteiger partial charge on any atom is -0.464 e. The normalized spacial score (nSPS) is 17.9. The highest BCUT2D eigenvalue weighted by molar-refractivity contribution is 5.63. The Labute approximate surface area is 99.8 Å². The van der Waals surface area contributed by atoms with Gasteiger partial charge in [0.15, 0.2) is 0 Å². The summed E-state index contributed by atoms with van der Waals surface area (Å²) < 4.78 is 0. The molecule has 92 valence electrons. The van der Waals surface area contributed by atoms with Crippen molar-refractivity contribution in [3.63, 3.8) is 0 Å². The highest BCUT2D eigenvalue weighted by Crippen LogP contribution is 2.04. The number of nitrogens with one attached hydrogen (secondary N) is 1. The fourth-order valence-electron chi connectivity index (χ4n) is 1.87. The van der Waals surface area contributed by atoms with Gasteiger partial charge in [0, 0.05) is 38.9 Å². The number of hydrogen-bond donors (Lipinski definition) is 2. The Morgan fingerprint density at radius 1 is 1.35 bits per heavy atom. The van der Waals surface area contributed by atoms with Crippen LogP contribution in [-0.2, 0) is 6.54 Å². The van der Waals surface area contributed by atoms with E-state index < -0.39 is 6.09 Å². The largest absolute Gasteiger partial charge is 0.464 e. The summed E-state index contributed by atoms with van der Waals surface area (Å²) in [5, 5.41) is 10.3. The van der Waals surface area contributed by atoms with Crippen LogP contribution in [0.3, 0.4) is 0 Å². The zero-order valence-corrected chi connectivity index (χ0v) is 9.54. The first-order valence-corrected chi connectivity index (χ1v) is 5.61. The molecule has 0 aliphatic carbocycles. The van der Waals surface area contributed by atoms with Crippen LogP contribution < -0.4 is 5.43 Å². The minimum absolute atomic E-state index is 0.707. The van der Waals surface area contributed by atoms with Crippen LogP contribution in [0.25, 0.3) is 0 Å². The van der Waals surface area contributed by atoms with Gasteiger partial charge in [-0.2, -0.15) is 0 Å². The van der Waals surface area contributed by atoms with Gasteiger partial charge >= 0.3 is 6.09 Å². The first-order chi connectivity index (χ1) is 8.24. The molecule has 6 nitrogen and oxygen atoms in total. The second-order valence-electron chi connectivity index (χ2n) is 4.00. The smallest absolute Gasteiger partial charge is 0.419 e. The van der Waals surface area contributed by atoms with Crippen molar-refractivity contribution in [1.82, 2.24) is 20.3 Å². The number of hydrogen-bond acceptors (Lipinski definition) is 4.